The molecular formula is C23H26N2O5. The first kappa shape index (κ1) is 20.1. The van der Waals surface area contributed by atoms with Gasteiger partial charge in [0.15, 0.2) is 18.1 Å². The van der Waals surface area contributed by atoms with Crippen LogP contribution in [-0.4, -0.2) is 50.1 Å². The Labute approximate surface area is 175 Å². The van der Waals surface area contributed by atoms with Gasteiger partial charge in [-0.15, -0.1) is 0 Å². The Kier molecular flexibility index (Phi) is 5.79. The number of carbonyl (C=O) groups is 2. The lowest BCUT2D eigenvalue weighted by Crippen LogP contribution is -2.39. The van der Waals surface area contributed by atoms with Crippen molar-refractivity contribution in [2.24, 2.45) is 0 Å². The molecule has 7 heteroatoms. The van der Waals surface area contributed by atoms with E-state index >= 15 is 0 Å². The topological polar surface area (TPSA) is 77.1 Å². The van der Waals surface area contributed by atoms with Crippen LogP contribution in [0.1, 0.15) is 36.1 Å². The van der Waals surface area contributed by atoms with E-state index in [9.17, 15) is 9.59 Å². The SMILES string of the molecule is COc1cc2c3cc1OCC(=O)NCCCOc1cccc(c1)C2N(C(C)=O)CC3. The van der Waals surface area contributed by atoms with Gasteiger partial charge in [0.05, 0.1) is 19.8 Å². The molecule has 7 nitrogen and oxygen atoms in total. The van der Waals surface area contributed by atoms with Crippen LogP contribution in [0.5, 0.6) is 17.2 Å². The molecular weight excluding hydrogens is 384 g/mol. The van der Waals surface area contributed by atoms with Gasteiger partial charge in [0.25, 0.3) is 5.91 Å². The van der Waals surface area contributed by atoms with E-state index in [-0.39, 0.29) is 24.5 Å². The largest absolute Gasteiger partial charge is 0.494 e. The Balaban J connectivity index is 1.84. The van der Waals surface area contributed by atoms with Crippen molar-refractivity contribution in [3.8, 4) is 17.2 Å². The standard InChI is InChI=1S/C23H26N2O5/c1-15(26)25-9-7-16-12-21-20(28-2)13-19(16)23(25)17-5-3-6-18(11-17)29-10-4-8-24-22(27)14-30-21/h3,5-6,11-13,23H,4,7-10,14H2,1-2H3,(H,24,27). The lowest BCUT2D eigenvalue weighted by atomic mass is 9.87. The zero-order valence-electron chi connectivity index (χ0n) is 17.3. The van der Waals surface area contributed by atoms with Gasteiger partial charge >= 0.3 is 0 Å². The van der Waals surface area contributed by atoms with Gasteiger partial charge < -0.3 is 24.4 Å². The van der Waals surface area contributed by atoms with E-state index in [0.29, 0.717) is 44.0 Å². The van der Waals surface area contributed by atoms with Crippen LogP contribution in [0.2, 0.25) is 0 Å². The minimum Gasteiger partial charge on any atom is -0.494 e. The summed E-state index contributed by atoms with van der Waals surface area (Å²) in [4.78, 5) is 26.4. The van der Waals surface area contributed by atoms with Crippen LogP contribution in [-0.2, 0) is 16.0 Å². The molecule has 1 atom stereocenters. The van der Waals surface area contributed by atoms with E-state index in [4.69, 9.17) is 14.2 Å². The molecule has 6 bridgehead atoms. The van der Waals surface area contributed by atoms with E-state index < -0.39 is 0 Å². The second-order valence-electron chi connectivity index (χ2n) is 7.48. The summed E-state index contributed by atoms with van der Waals surface area (Å²) in [6.45, 7) is 3.10. The van der Waals surface area contributed by atoms with Crippen LogP contribution in [0.4, 0.5) is 0 Å². The number of nitrogens with one attached hydrogen (secondary N) is 1. The molecule has 2 amide bonds. The Morgan fingerprint density at radius 3 is 2.90 bits per heavy atom. The van der Waals surface area contributed by atoms with Crippen molar-refractivity contribution in [2.75, 3.05) is 33.4 Å². The fourth-order valence-corrected chi connectivity index (χ4v) is 4.06. The van der Waals surface area contributed by atoms with Gasteiger partial charge in [-0.1, -0.05) is 12.1 Å². The molecule has 3 heterocycles. The van der Waals surface area contributed by atoms with Crippen molar-refractivity contribution in [1.82, 2.24) is 10.2 Å². The molecule has 1 N–H and O–H groups in total. The third kappa shape index (κ3) is 4.06. The van der Waals surface area contributed by atoms with Gasteiger partial charge in [-0.25, -0.2) is 0 Å². The van der Waals surface area contributed by atoms with Gasteiger partial charge in [0, 0.05) is 20.0 Å². The van der Waals surface area contributed by atoms with Crippen molar-refractivity contribution >= 4 is 11.8 Å². The summed E-state index contributed by atoms with van der Waals surface area (Å²) in [5.41, 5.74) is 3.06. The van der Waals surface area contributed by atoms with E-state index in [1.165, 1.54) is 0 Å². The lowest BCUT2D eigenvalue weighted by Gasteiger charge is -2.37. The highest BCUT2D eigenvalue weighted by Crippen LogP contribution is 2.41. The molecule has 2 aromatic rings. The number of hydrogen-bond acceptors (Lipinski definition) is 5. The van der Waals surface area contributed by atoms with E-state index in [1.54, 1.807) is 14.0 Å². The number of benzene rings is 2. The second-order valence-corrected chi connectivity index (χ2v) is 7.48. The highest BCUT2D eigenvalue weighted by Gasteiger charge is 2.32. The highest BCUT2D eigenvalue weighted by molar-refractivity contribution is 5.77. The van der Waals surface area contributed by atoms with Crippen molar-refractivity contribution in [3.63, 3.8) is 0 Å². The molecule has 0 fully saturated rings. The second kappa shape index (κ2) is 8.65. The third-order valence-electron chi connectivity index (χ3n) is 5.50. The number of rotatable bonds is 1. The number of hydrogen-bond donors (Lipinski definition) is 1. The summed E-state index contributed by atoms with van der Waals surface area (Å²) >= 11 is 0. The molecule has 3 aliphatic heterocycles. The van der Waals surface area contributed by atoms with Crippen molar-refractivity contribution < 1.29 is 23.8 Å². The van der Waals surface area contributed by atoms with Crippen LogP contribution in [0.15, 0.2) is 36.4 Å². The fraction of sp³-hybridized carbons (Fsp3) is 0.391. The lowest BCUT2D eigenvalue weighted by molar-refractivity contribution is -0.131. The quantitative estimate of drug-likeness (QED) is 0.782. The molecule has 1 unspecified atom stereocenters. The Morgan fingerprint density at radius 2 is 2.10 bits per heavy atom. The first-order valence-electron chi connectivity index (χ1n) is 10.2. The van der Waals surface area contributed by atoms with Crippen LogP contribution in [0.25, 0.3) is 0 Å². The summed E-state index contributed by atoms with van der Waals surface area (Å²) < 4.78 is 17.2. The molecule has 0 radical (unpaired) electrons. The Morgan fingerprint density at radius 1 is 1.23 bits per heavy atom. The summed E-state index contributed by atoms with van der Waals surface area (Å²) in [5.74, 6) is 1.64. The van der Waals surface area contributed by atoms with E-state index in [0.717, 1.165) is 22.4 Å². The molecule has 3 aliphatic rings. The molecule has 0 saturated heterocycles. The van der Waals surface area contributed by atoms with Gasteiger partial charge in [-0.3, -0.25) is 9.59 Å². The Hall–Kier alpha value is -3.22. The maximum Gasteiger partial charge on any atom is 0.257 e. The predicted octanol–water partition coefficient (Wildman–Crippen LogP) is 2.47. The molecule has 158 valence electrons. The first-order valence-corrected chi connectivity index (χ1v) is 10.2. The van der Waals surface area contributed by atoms with Gasteiger partial charge in [0.2, 0.25) is 5.91 Å². The van der Waals surface area contributed by atoms with Crippen LogP contribution in [0.3, 0.4) is 0 Å². The van der Waals surface area contributed by atoms with E-state index in [2.05, 4.69) is 5.32 Å². The van der Waals surface area contributed by atoms with E-state index in [1.807, 2.05) is 41.3 Å². The number of ether oxygens (including phenoxy) is 3. The molecule has 30 heavy (non-hydrogen) atoms. The van der Waals surface area contributed by atoms with Crippen molar-refractivity contribution in [1.29, 1.82) is 0 Å². The zero-order valence-corrected chi connectivity index (χ0v) is 17.3. The zero-order chi connectivity index (χ0) is 21.1. The number of nitrogens with zero attached hydrogens (tertiary/aromatic N) is 1. The molecule has 0 aromatic heterocycles. The minimum absolute atomic E-state index is 0.0161. The maximum atomic E-state index is 12.5. The van der Waals surface area contributed by atoms with Gasteiger partial charge in [-0.2, -0.15) is 0 Å². The van der Waals surface area contributed by atoms with Crippen molar-refractivity contribution in [2.45, 2.75) is 25.8 Å². The predicted molar refractivity (Wildman–Crippen MR) is 111 cm³/mol. The maximum absolute atomic E-state index is 12.5. The molecule has 2 aromatic carbocycles. The number of amides is 2. The summed E-state index contributed by atoms with van der Waals surface area (Å²) in [7, 11) is 1.57. The first-order chi connectivity index (χ1) is 14.6. The number of carbonyl (C=O) groups excluding carboxylic acids is 2. The molecule has 0 aliphatic carbocycles. The average Bonchev–Trinajstić information content (AvgIpc) is 2.75. The normalized spacial score (nSPS) is 18.8. The summed E-state index contributed by atoms with van der Waals surface area (Å²) in [5, 5.41) is 2.84. The Bertz CT molecular complexity index is 959. The van der Waals surface area contributed by atoms with Crippen LogP contribution < -0.4 is 19.5 Å². The number of methoxy groups -OCH3 is 1. The van der Waals surface area contributed by atoms with Gasteiger partial charge in [-0.05, 0) is 53.8 Å². The monoisotopic (exact) mass is 410 g/mol. The summed E-state index contributed by atoms with van der Waals surface area (Å²) in [6, 6.07) is 11.5. The summed E-state index contributed by atoms with van der Waals surface area (Å²) in [6.07, 6.45) is 1.38. The van der Waals surface area contributed by atoms with Crippen LogP contribution >= 0.6 is 0 Å². The molecule has 0 saturated carbocycles. The molecule has 5 rings (SSSR count). The fourth-order valence-electron chi connectivity index (χ4n) is 4.06. The third-order valence-corrected chi connectivity index (χ3v) is 5.50. The smallest absolute Gasteiger partial charge is 0.257 e. The van der Waals surface area contributed by atoms with Crippen LogP contribution in [0, 0.1) is 0 Å². The minimum atomic E-state index is -0.242. The average molecular weight is 410 g/mol. The molecule has 0 spiro atoms. The van der Waals surface area contributed by atoms with Crippen molar-refractivity contribution in [3.05, 3.63) is 53.1 Å². The highest BCUT2D eigenvalue weighted by atomic mass is 16.5. The number of fused-ring (bicyclic) bond motifs is 8. The van der Waals surface area contributed by atoms with Gasteiger partial charge in [0.1, 0.15) is 5.75 Å².